The molecular weight excluding hydrogens is 296 g/mol. The molecule has 0 saturated carbocycles. The molecule has 8 heteroatoms. The van der Waals surface area contributed by atoms with E-state index < -0.39 is 22.6 Å². The van der Waals surface area contributed by atoms with E-state index in [4.69, 9.17) is 17.0 Å². The van der Waals surface area contributed by atoms with Crippen LogP contribution in [-0.4, -0.2) is 28.3 Å². The second kappa shape index (κ2) is 7.44. The van der Waals surface area contributed by atoms with E-state index in [1.807, 2.05) is 0 Å². The molecule has 0 spiro atoms. The van der Waals surface area contributed by atoms with E-state index in [1.165, 1.54) is 31.2 Å². The molecule has 0 aromatic heterocycles. The number of carbonyl (C=O) groups is 2. The van der Waals surface area contributed by atoms with Gasteiger partial charge in [0.25, 0.3) is 5.69 Å². The number of ether oxygens (including phenoxy) is 1. The molecular formula is C13H14N2O5S. The molecule has 1 atom stereocenters. The van der Waals surface area contributed by atoms with Gasteiger partial charge in [-0.25, -0.2) is 0 Å². The number of ketones is 1. The highest BCUT2D eigenvalue weighted by Crippen LogP contribution is 2.17. The molecule has 0 aliphatic carbocycles. The third kappa shape index (κ3) is 4.60. The Balaban J connectivity index is 2.84. The van der Waals surface area contributed by atoms with E-state index in [2.05, 4.69) is 5.32 Å². The Morgan fingerprint density at radius 2 is 1.95 bits per heavy atom. The Morgan fingerprint density at radius 1 is 1.38 bits per heavy atom. The van der Waals surface area contributed by atoms with Gasteiger partial charge in [-0.1, -0.05) is 12.2 Å². The van der Waals surface area contributed by atoms with Gasteiger partial charge >= 0.3 is 5.97 Å². The number of nitro groups is 1. The molecule has 0 bridgehead atoms. The average molecular weight is 310 g/mol. The molecule has 0 fully saturated rings. The van der Waals surface area contributed by atoms with Gasteiger partial charge in [-0.2, -0.15) is 0 Å². The fraction of sp³-hybridized carbons (Fsp3) is 0.308. The summed E-state index contributed by atoms with van der Waals surface area (Å²) in [7, 11) is 0. The second-order valence-corrected chi connectivity index (χ2v) is 4.53. The molecule has 7 nitrogen and oxygen atoms in total. The van der Waals surface area contributed by atoms with Crippen molar-refractivity contribution in [3.63, 3.8) is 0 Å². The van der Waals surface area contributed by atoms with Crippen molar-refractivity contribution in [1.82, 2.24) is 0 Å². The highest BCUT2D eigenvalue weighted by Gasteiger charge is 2.29. The van der Waals surface area contributed by atoms with Crippen LogP contribution in [-0.2, 0) is 14.3 Å². The van der Waals surface area contributed by atoms with Crippen LogP contribution < -0.4 is 5.32 Å². The van der Waals surface area contributed by atoms with Gasteiger partial charge in [-0.3, -0.25) is 19.7 Å². The van der Waals surface area contributed by atoms with Crippen molar-refractivity contribution < 1.29 is 19.2 Å². The Kier molecular flexibility index (Phi) is 5.92. The molecule has 0 aliphatic heterocycles. The first kappa shape index (κ1) is 16.7. The summed E-state index contributed by atoms with van der Waals surface area (Å²) in [5.74, 6) is -2.34. The first-order valence-corrected chi connectivity index (χ1v) is 6.50. The van der Waals surface area contributed by atoms with Crippen LogP contribution in [0.4, 0.5) is 11.4 Å². The van der Waals surface area contributed by atoms with Gasteiger partial charge in [0, 0.05) is 17.8 Å². The summed E-state index contributed by atoms with van der Waals surface area (Å²) in [5.41, 5.74) is 0.376. The van der Waals surface area contributed by atoms with Gasteiger partial charge in [0.05, 0.1) is 11.5 Å². The molecule has 1 unspecified atom stereocenters. The van der Waals surface area contributed by atoms with Crippen LogP contribution in [0.5, 0.6) is 0 Å². The number of benzene rings is 1. The van der Waals surface area contributed by atoms with Crippen molar-refractivity contribution in [2.45, 2.75) is 13.8 Å². The number of Topliss-reactive ketones (excluding diaryl/α,β-unsaturated/α-hetero) is 1. The number of nitro benzene ring substituents is 1. The van der Waals surface area contributed by atoms with Crippen LogP contribution in [0.25, 0.3) is 0 Å². The summed E-state index contributed by atoms with van der Waals surface area (Å²) in [6.45, 7) is 3.01. The van der Waals surface area contributed by atoms with Crippen LogP contribution in [0.3, 0.4) is 0 Å². The fourth-order valence-electron chi connectivity index (χ4n) is 1.56. The summed E-state index contributed by atoms with van der Waals surface area (Å²) in [5, 5.41) is 13.3. The number of thiocarbonyl (C=S) groups is 1. The molecule has 0 radical (unpaired) electrons. The number of anilines is 1. The summed E-state index contributed by atoms with van der Waals surface area (Å²) < 4.78 is 4.80. The standard InChI is InChI=1S/C13H14N2O5S/c1-3-20-13(17)11(8(2)16)12(21)14-9-4-6-10(7-5-9)15(18)19/h4-7,11H,3H2,1-2H3,(H,14,21). The first-order valence-electron chi connectivity index (χ1n) is 6.09. The quantitative estimate of drug-likeness (QED) is 0.282. The predicted octanol–water partition coefficient (Wildman–Crippen LogP) is 2.10. The highest BCUT2D eigenvalue weighted by molar-refractivity contribution is 7.80. The zero-order valence-electron chi connectivity index (χ0n) is 11.5. The number of rotatable bonds is 6. The van der Waals surface area contributed by atoms with E-state index >= 15 is 0 Å². The molecule has 1 N–H and O–H groups in total. The largest absolute Gasteiger partial charge is 0.465 e. The van der Waals surface area contributed by atoms with E-state index in [0.717, 1.165) is 0 Å². The molecule has 0 saturated heterocycles. The minimum absolute atomic E-state index is 0.00481. The lowest BCUT2D eigenvalue weighted by Gasteiger charge is -2.15. The first-order chi connectivity index (χ1) is 9.86. The van der Waals surface area contributed by atoms with Crippen molar-refractivity contribution in [1.29, 1.82) is 0 Å². The van der Waals surface area contributed by atoms with E-state index in [1.54, 1.807) is 6.92 Å². The van der Waals surface area contributed by atoms with E-state index in [-0.39, 0.29) is 17.3 Å². The number of non-ortho nitro benzene ring substituents is 1. The number of hydrogen-bond donors (Lipinski definition) is 1. The van der Waals surface area contributed by atoms with Crippen molar-refractivity contribution >= 4 is 40.3 Å². The fourth-order valence-corrected chi connectivity index (χ4v) is 1.94. The summed E-state index contributed by atoms with van der Waals surface area (Å²) in [6, 6.07) is 5.45. The zero-order valence-corrected chi connectivity index (χ0v) is 12.3. The third-order valence-electron chi connectivity index (χ3n) is 2.54. The smallest absolute Gasteiger partial charge is 0.323 e. The van der Waals surface area contributed by atoms with Gasteiger partial charge < -0.3 is 10.1 Å². The van der Waals surface area contributed by atoms with Crippen molar-refractivity contribution in [2.75, 3.05) is 11.9 Å². The Bertz CT molecular complexity index is 570. The normalized spacial score (nSPS) is 11.3. The van der Waals surface area contributed by atoms with Crippen molar-refractivity contribution in [3.8, 4) is 0 Å². The van der Waals surface area contributed by atoms with E-state index in [9.17, 15) is 19.7 Å². The highest BCUT2D eigenvalue weighted by atomic mass is 32.1. The number of nitrogens with zero attached hydrogens (tertiary/aromatic N) is 1. The number of hydrogen-bond acceptors (Lipinski definition) is 6. The second-order valence-electron chi connectivity index (χ2n) is 4.09. The SMILES string of the molecule is CCOC(=O)C(C(C)=O)C(=S)Nc1ccc([N+](=O)[O-])cc1. The lowest BCUT2D eigenvalue weighted by atomic mass is 10.1. The Hall–Kier alpha value is -2.35. The summed E-state index contributed by atoms with van der Waals surface area (Å²) in [6.07, 6.45) is 0. The maximum atomic E-state index is 11.7. The molecule has 112 valence electrons. The van der Waals surface area contributed by atoms with Gasteiger partial charge in [0.15, 0.2) is 11.7 Å². The van der Waals surface area contributed by atoms with Gasteiger partial charge in [-0.05, 0) is 26.0 Å². The third-order valence-corrected chi connectivity index (χ3v) is 2.87. The van der Waals surface area contributed by atoms with E-state index in [0.29, 0.717) is 5.69 Å². The number of esters is 1. The maximum absolute atomic E-state index is 11.7. The Morgan fingerprint density at radius 3 is 2.38 bits per heavy atom. The number of nitrogens with one attached hydrogen (secondary N) is 1. The van der Waals surface area contributed by atoms with Crippen LogP contribution in [0.1, 0.15) is 13.8 Å². The topological polar surface area (TPSA) is 98.5 Å². The van der Waals surface area contributed by atoms with Gasteiger partial charge in [-0.15, -0.1) is 0 Å². The molecule has 0 heterocycles. The van der Waals surface area contributed by atoms with Gasteiger partial charge in [0.1, 0.15) is 4.99 Å². The zero-order chi connectivity index (χ0) is 16.0. The van der Waals surface area contributed by atoms with Crippen LogP contribution in [0.15, 0.2) is 24.3 Å². The van der Waals surface area contributed by atoms with Crippen molar-refractivity contribution in [2.24, 2.45) is 5.92 Å². The molecule has 1 rings (SSSR count). The lowest BCUT2D eigenvalue weighted by molar-refractivity contribution is -0.384. The maximum Gasteiger partial charge on any atom is 0.323 e. The summed E-state index contributed by atoms with van der Waals surface area (Å²) >= 11 is 5.04. The van der Waals surface area contributed by atoms with Crippen molar-refractivity contribution in [3.05, 3.63) is 34.4 Å². The monoisotopic (exact) mass is 310 g/mol. The number of carbonyl (C=O) groups excluding carboxylic acids is 2. The average Bonchev–Trinajstić information content (AvgIpc) is 2.39. The van der Waals surface area contributed by atoms with Gasteiger partial charge in [0.2, 0.25) is 0 Å². The molecule has 1 aromatic rings. The lowest BCUT2D eigenvalue weighted by Crippen LogP contribution is -2.35. The van der Waals surface area contributed by atoms with Crippen LogP contribution in [0.2, 0.25) is 0 Å². The molecule has 1 aromatic carbocycles. The predicted molar refractivity (Wildman–Crippen MR) is 80.1 cm³/mol. The molecule has 0 aliphatic rings. The molecule has 0 amide bonds. The molecule has 21 heavy (non-hydrogen) atoms. The minimum Gasteiger partial charge on any atom is -0.465 e. The summed E-state index contributed by atoms with van der Waals surface area (Å²) in [4.78, 5) is 33.2. The van der Waals surface area contributed by atoms with Crippen LogP contribution in [0, 0.1) is 16.0 Å². The Labute approximate surface area is 126 Å². The minimum atomic E-state index is -1.19. The van der Waals surface area contributed by atoms with Crippen LogP contribution >= 0.6 is 12.2 Å².